The quantitative estimate of drug-likeness (QED) is 0.819. The van der Waals surface area contributed by atoms with Crippen molar-refractivity contribution in [2.24, 2.45) is 11.8 Å². The SMILES string of the molecule is CC(C)CCCC(C)N1C(=O)C(C)(C2CC2)NC(=O)C1C. The Balaban J connectivity index is 2.07. The fourth-order valence-corrected chi connectivity index (χ4v) is 3.46. The first-order valence-corrected chi connectivity index (χ1v) is 8.42. The molecule has 0 bridgehead atoms. The number of nitrogens with one attached hydrogen (secondary N) is 1. The average molecular weight is 294 g/mol. The normalized spacial score (nSPS) is 31.5. The maximum Gasteiger partial charge on any atom is 0.249 e. The molecule has 1 saturated heterocycles. The molecule has 2 fully saturated rings. The van der Waals surface area contributed by atoms with Crippen LogP contribution in [0.2, 0.25) is 0 Å². The van der Waals surface area contributed by atoms with E-state index in [4.69, 9.17) is 0 Å². The van der Waals surface area contributed by atoms with Gasteiger partial charge in [0.1, 0.15) is 11.6 Å². The molecule has 120 valence electrons. The van der Waals surface area contributed by atoms with E-state index in [0.717, 1.165) is 25.7 Å². The predicted molar refractivity (Wildman–Crippen MR) is 83.7 cm³/mol. The average Bonchev–Trinajstić information content (AvgIpc) is 3.21. The third kappa shape index (κ3) is 3.24. The van der Waals surface area contributed by atoms with E-state index in [1.807, 2.05) is 18.7 Å². The van der Waals surface area contributed by atoms with Gasteiger partial charge in [-0.2, -0.15) is 0 Å². The van der Waals surface area contributed by atoms with Gasteiger partial charge in [-0.15, -0.1) is 0 Å². The second kappa shape index (κ2) is 5.98. The van der Waals surface area contributed by atoms with Crippen LogP contribution in [0.1, 0.15) is 66.7 Å². The van der Waals surface area contributed by atoms with Gasteiger partial charge in [0, 0.05) is 6.04 Å². The van der Waals surface area contributed by atoms with Gasteiger partial charge in [-0.25, -0.2) is 0 Å². The van der Waals surface area contributed by atoms with Crippen LogP contribution in [-0.4, -0.2) is 34.3 Å². The first-order chi connectivity index (χ1) is 9.77. The summed E-state index contributed by atoms with van der Waals surface area (Å²) in [5.74, 6) is 1.13. The minimum atomic E-state index is -0.671. The first kappa shape index (κ1) is 16.3. The van der Waals surface area contributed by atoms with Crippen molar-refractivity contribution in [2.75, 3.05) is 0 Å². The van der Waals surface area contributed by atoms with Gasteiger partial charge in [0.15, 0.2) is 0 Å². The molecule has 21 heavy (non-hydrogen) atoms. The summed E-state index contributed by atoms with van der Waals surface area (Å²) in [6, 6.07) is -0.214. The molecular formula is C17H30N2O2. The van der Waals surface area contributed by atoms with Gasteiger partial charge in [-0.3, -0.25) is 9.59 Å². The van der Waals surface area contributed by atoms with Crippen LogP contribution in [0, 0.1) is 11.8 Å². The lowest BCUT2D eigenvalue weighted by Crippen LogP contribution is -2.71. The minimum Gasteiger partial charge on any atom is -0.340 e. The number of hydrogen-bond acceptors (Lipinski definition) is 2. The maximum atomic E-state index is 12.9. The summed E-state index contributed by atoms with van der Waals surface area (Å²) in [6.07, 6.45) is 5.35. The molecule has 2 amide bonds. The fourth-order valence-electron chi connectivity index (χ4n) is 3.46. The molecule has 2 aliphatic rings. The third-order valence-corrected chi connectivity index (χ3v) is 5.13. The molecule has 0 aromatic heterocycles. The Labute approximate surface area is 128 Å². The van der Waals surface area contributed by atoms with Crippen LogP contribution in [0.5, 0.6) is 0 Å². The Bertz CT molecular complexity index is 417. The van der Waals surface area contributed by atoms with E-state index in [-0.39, 0.29) is 23.9 Å². The molecule has 1 aliphatic heterocycles. The summed E-state index contributed by atoms with van der Waals surface area (Å²) in [6.45, 7) is 10.3. The smallest absolute Gasteiger partial charge is 0.249 e. The van der Waals surface area contributed by atoms with Crippen molar-refractivity contribution in [3.63, 3.8) is 0 Å². The van der Waals surface area contributed by atoms with Gasteiger partial charge < -0.3 is 10.2 Å². The molecule has 3 unspecified atom stereocenters. The molecule has 2 rings (SSSR count). The van der Waals surface area contributed by atoms with Crippen LogP contribution in [-0.2, 0) is 9.59 Å². The van der Waals surface area contributed by atoms with Crippen LogP contribution in [0.25, 0.3) is 0 Å². The van der Waals surface area contributed by atoms with Crippen molar-refractivity contribution in [3.05, 3.63) is 0 Å². The van der Waals surface area contributed by atoms with Crippen molar-refractivity contribution < 1.29 is 9.59 Å². The van der Waals surface area contributed by atoms with E-state index in [2.05, 4.69) is 26.1 Å². The Morgan fingerprint density at radius 1 is 1.24 bits per heavy atom. The predicted octanol–water partition coefficient (Wildman–Crippen LogP) is 2.72. The molecule has 0 aromatic carbocycles. The second-order valence-electron chi connectivity index (χ2n) is 7.53. The topological polar surface area (TPSA) is 49.4 Å². The van der Waals surface area contributed by atoms with Gasteiger partial charge in [-0.1, -0.05) is 26.7 Å². The van der Waals surface area contributed by atoms with Crippen LogP contribution >= 0.6 is 0 Å². The summed E-state index contributed by atoms with van der Waals surface area (Å²) in [7, 11) is 0. The van der Waals surface area contributed by atoms with Crippen LogP contribution < -0.4 is 5.32 Å². The maximum absolute atomic E-state index is 12.9. The number of carbonyl (C=O) groups is 2. The molecule has 0 radical (unpaired) electrons. The van der Waals surface area contributed by atoms with E-state index >= 15 is 0 Å². The van der Waals surface area contributed by atoms with Crippen molar-refractivity contribution >= 4 is 11.8 Å². The summed E-state index contributed by atoms with van der Waals surface area (Å²) in [5.41, 5.74) is -0.671. The molecule has 0 aromatic rings. The van der Waals surface area contributed by atoms with E-state index in [9.17, 15) is 9.59 Å². The molecule has 1 saturated carbocycles. The first-order valence-electron chi connectivity index (χ1n) is 8.42. The number of piperazine rings is 1. The van der Waals surface area contributed by atoms with Crippen molar-refractivity contribution in [1.29, 1.82) is 0 Å². The molecule has 4 nitrogen and oxygen atoms in total. The van der Waals surface area contributed by atoms with E-state index < -0.39 is 5.54 Å². The highest BCUT2D eigenvalue weighted by Gasteiger charge is 2.55. The molecule has 0 spiro atoms. The van der Waals surface area contributed by atoms with Gasteiger partial charge in [0.2, 0.25) is 11.8 Å². The van der Waals surface area contributed by atoms with Gasteiger partial charge in [0.05, 0.1) is 0 Å². The van der Waals surface area contributed by atoms with Gasteiger partial charge in [0.25, 0.3) is 0 Å². The zero-order valence-corrected chi connectivity index (χ0v) is 14.1. The van der Waals surface area contributed by atoms with E-state index in [1.165, 1.54) is 6.42 Å². The minimum absolute atomic E-state index is 0.000269. The zero-order valence-electron chi connectivity index (χ0n) is 14.1. The standard InChI is InChI=1S/C17H30N2O2/c1-11(2)7-6-8-12(3)19-13(4)15(20)18-17(5,16(19)21)14-9-10-14/h11-14H,6-10H2,1-5H3,(H,18,20). The van der Waals surface area contributed by atoms with Crippen molar-refractivity contribution in [2.45, 2.75) is 84.3 Å². The van der Waals surface area contributed by atoms with Crippen LogP contribution in [0.4, 0.5) is 0 Å². The molecule has 1 heterocycles. The lowest BCUT2D eigenvalue weighted by molar-refractivity contribution is -0.157. The number of amides is 2. The largest absolute Gasteiger partial charge is 0.340 e. The van der Waals surface area contributed by atoms with E-state index in [1.54, 1.807) is 0 Å². The lowest BCUT2D eigenvalue weighted by Gasteiger charge is -2.46. The highest BCUT2D eigenvalue weighted by atomic mass is 16.2. The fraction of sp³-hybridized carbons (Fsp3) is 0.882. The molecule has 4 heteroatoms. The summed E-state index contributed by atoms with van der Waals surface area (Å²) in [5, 5.41) is 2.98. The number of nitrogens with zero attached hydrogens (tertiary/aromatic N) is 1. The van der Waals surface area contributed by atoms with Crippen molar-refractivity contribution in [1.82, 2.24) is 10.2 Å². The Kier molecular flexibility index (Phi) is 4.64. The van der Waals surface area contributed by atoms with Gasteiger partial charge in [-0.05, 0) is 51.9 Å². The second-order valence-corrected chi connectivity index (χ2v) is 7.53. The molecule has 1 aliphatic carbocycles. The number of hydrogen-bond donors (Lipinski definition) is 1. The van der Waals surface area contributed by atoms with Crippen LogP contribution in [0.15, 0.2) is 0 Å². The number of rotatable bonds is 6. The summed E-state index contributed by atoms with van der Waals surface area (Å²) < 4.78 is 0. The van der Waals surface area contributed by atoms with Crippen molar-refractivity contribution in [3.8, 4) is 0 Å². The summed E-state index contributed by atoms with van der Waals surface area (Å²) in [4.78, 5) is 27.1. The Morgan fingerprint density at radius 3 is 2.38 bits per heavy atom. The zero-order chi connectivity index (χ0) is 15.8. The monoisotopic (exact) mass is 294 g/mol. The Hall–Kier alpha value is -1.06. The lowest BCUT2D eigenvalue weighted by atomic mass is 9.88. The van der Waals surface area contributed by atoms with Crippen LogP contribution in [0.3, 0.4) is 0 Å². The Morgan fingerprint density at radius 2 is 1.86 bits per heavy atom. The number of carbonyl (C=O) groups excluding carboxylic acids is 2. The third-order valence-electron chi connectivity index (χ3n) is 5.13. The van der Waals surface area contributed by atoms with E-state index in [0.29, 0.717) is 11.8 Å². The highest BCUT2D eigenvalue weighted by Crippen LogP contribution is 2.42. The summed E-state index contributed by atoms with van der Waals surface area (Å²) >= 11 is 0. The highest BCUT2D eigenvalue weighted by molar-refractivity contribution is 6.00. The molecule has 3 atom stereocenters. The molecule has 1 N–H and O–H groups in total. The molecular weight excluding hydrogens is 264 g/mol. The van der Waals surface area contributed by atoms with Gasteiger partial charge >= 0.3 is 0 Å².